The average Bonchev–Trinajstić information content (AvgIpc) is 2.88. The molecule has 5 heteroatoms. The molecule has 1 aromatic heterocycles. The van der Waals surface area contributed by atoms with Crippen molar-refractivity contribution in [1.82, 2.24) is 19.8 Å². The van der Waals surface area contributed by atoms with E-state index in [2.05, 4.69) is 33.9 Å². The molecule has 20 heavy (non-hydrogen) atoms. The normalized spacial score (nSPS) is 16.4. The van der Waals surface area contributed by atoms with E-state index in [1.54, 1.807) is 6.07 Å². The summed E-state index contributed by atoms with van der Waals surface area (Å²) in [7, 11) is 4.31. The van der Waals surface area contributed by atoms with Gasteiger partial charge >= 0.3 is 0 Å². The van der Waals surface area contributed by atoms with E-state index in [0.29, 0.717) is 5.82 Å². The summed E-state index contributed by atoms with van der Waals surface area (Å²) in [6.45, 7) is 4.62. The maximum atomic E-state index is 11.4. The molecular formula is C15H26N4O. The second kappa shape index (κ2) is 6.99. The summed E-state index contributed by atoms with van der Waals surface area (Å²) < 4.78 is 0. The first kappa shape index (κ1) is 15.2. The Kier molecular flexibility index (Phi) is 5.31. The van der Waals surface area contributed by atoms with Crippen LogP contribution in [0.1, 0.15) is 37.2 Å². The zero-order valence-corrected chi connectivity index (χ0v) is 12.9. The van der Waals surface area contributed by atoms with Gasteiger partial charge in [0, 0.05) is 31.7 Å². The van der Waals surface area contributed by atoms with E-state index >= 15 is 0 Å². The van der Waals surface area contributed by atoms with Gasteiger partial charge in [0.1, 0.15) is 5.82 Å². The standard InChI is InChI=1S/C15H26N4O/c1-12-16-13(10-15(20)17-12)11-18(2)8-9-19(3)14-6-4-5-7-14/h10,14H,4-9,11H2,1-3H3,(H,16,17,20). The third kappa shape index (κ3) is 4.42. The molecule has 1 heterocycles. The zero-order valence-electron chi connectivity index (χ0n) is 12.9. The van der Waals surface area contributed by atoms with Crippen LogP contribution in [0.5, 0.6) is 0 Å². The molecule has 1 aromatic rings. The Morgan fingerprint density at radius 3 is 2.65 bits per heavy atom. The molecule has 0 aliphatic heterocycles. The maximum Gasteiger partial charge on any atom is 0.251 e. The number of nitrogens with zero attached hydrogens (tertiary/aromatic N) is 3. The SMILES string of the molecule is Cc1nc(CN(C)CCN(C)C2CCCC2)cc(=O)[nH]1. The van der Waals surface area contributed by atoms with Crippen LogP contribution < -0.4 is 5.56 Å². The van der Waals surface area contributed by atoms with E-state index in [1.807, 2.05) is 6.92 Å². The summed E-state index contributed by atoms with van der Waals surface area (Å²) in [5.41, 5.74) is 0.779. The first-order chi connectivity index (χ1) is 9.54. The fraction of sp³-hybridized carbons (Fsp3) is 0.733. The van der Waals surface area contributed by atoms with E-state index in [0.717, 1.165) is 31.4 Å². The van der Waals surface area contributed by atoms with Crippen molar-refractivity contribution in [3.05, 3.63) is 27.9 Å². The highest BCUT2D eigenvalue weighted by Gasteiger charge is 2.19. The molecule has 0 atom stereocenters. The molecule has 0 aromatic carbocycles. The molecule has 1 aliphatic carbocycles. The molecular weight excluding hydrogens is 252 g/mol. The lowest BCUT2D eigenvalue weighted by molar-refractivity contribution is 0.203. The fourth-order valence-electron chi connectivity index (χ4n) is 2.93. The minimum Gasteiger partial charge on any atom is -0.311 e. The topological polar surface area (TPSA) is 52.2 Å². The highest BCUT2D eigenvalue weighted by Crippen LogP contribution is 2.21. The third-order valence-corrected chi connectivity index (χ3v) is 4.13. The van der Waals surface area contributed by atoms with Crippen molar-refractivity contribution < 1.29 is 0 Å². The number of H-pyrrole nitrogens is 1. The van der Waals surface area contributed by atoms with Crippen molar-refractivity contribution in [3.8, 4) is 0 Å². The van der Waals surface area contributed by atoms with Crippen LogP contribution in [0.25, 0.3) is 0 Å². The van der Waals surface area contributed by atoms with Crippen molar-refractivity contribution in [2.75, 3.05) is 27.2 Å². The Hall–Kier alpha value is -1.20. The first-order valence-corrected chi connectivity index (χ1v) is 7.50. The van der Waals surface area contributed by atoms with E-state index in [1.165, 1.54) is 25.7 Å². The number of aromatic amines is 1. The van der Waals surface area contributed by atoms with Crippen LogP contribution in [-0.2, 0) is 6.54 Å². The summed E-state index contributed by atoms with van der Waals surface area (Å²) in [5.74, 6) is 0.684. The Labute approximate surface area is 121 Å². The highest BCUT2D eigenvalue weighted by atomic mass is 16.1. The molecule has 1 saturated carbocycles. The Morgan fingerprint density at radius 1 is 1.30 bits per heavy atom. The summed E-state index contributed by atoms with van der Waals surface area (Å²) in [6.07, 6.45) is 5.44. The van der Waals surface area contributed by atoms with Crippen molar-refractivity contribution in [3.63, 3.8) is 0 Å². The van der Waals surface area contributed by atoms with E-state index in [9.17, 15) is 4.79 Å². The number of nitrogens with one attached hydrogen (secondary N) is 1. The quantitative estimate of drug-likeness (QED) is 0.854. The molecule has 112 valence electrons. The smallest absolute Gasteiger partial charge is 0.251 e. The van der Waals surface area contributed by atoms with Gasteiger partial charge in [-0.15, -0.1) is 0 Å². The zero-order chi connectivity index (χ0) is 14.5. The molecule has 0 spiro atoms. The third-order valence-electron chi connectivity index (χ3n) is 4.13. The lowest BCUT2D eigenvalue weighted by atomic mass is 10.2. The molecule has 1 aliphatic rings. The molecule has 0 amide bonds. The number of likely N-dealkylation sites (N-methyl/N-ethyl adjacent to an activating group) is 2. The summed E-state index contributed by atoms with van der Waals surface area (Å²) in [5, 5.41) is 0. The lowest BCUT2D eigenvalue weighted by Gasteiger charge is -2.26. The van der Waals surface area contributed by atoms with Crippen LogP contribution in [-0.4, -0.2) is 53.0 Å². The van der Waals surface area contributed by atoms with Gasteiger partial charge in [-0.3, -0.25) is 9.69 Å². The van der Waals surface area contributed by atoms with Crippen LogP contribution in [0.2, 0.25) is 0 Å². The van der Waals surface area contributed by atoms with Crippen LogP contribution in [0, 0.1) is 6.92 Å². The Morgan fingerprint density at radius 2 is 2.00 bits per heavy atom. The predicted molar refractivity (Wildman–Crippen MR) is 80.8 cm³/mol. The molecule has 1 N–H and O–H groups in total. The second-order valence-electron chi connectivity index (χ2n) is 5.98. The van der Waals surface area contributed by atoms with Crippen LogP contribution in [0.4, 0.5) is 0 Å². The summed E-state index contributed by atoms with van der Waals surface area (Å²) in [4.78, 5) is 23.2. The maximum absolute atomic E-state index is 11.4. The largest absolute Gasteiger partial charge is 0.311 e. The molecule has 0 unspecified atom stereocenters. The van der Waals surface area contributed by atoms with E-state index in [4.69, 9.17) is 0 Å². The van der Waals surface area contributed by atoms with Gasteiger partial charge in [0.05, 0.1) is 5.69 Å². The van der Waals surface area contributed by atoms with Gasteiger partial charge in [0.2, 0.25) is 0 Å². The van der Waals surface area contributed by atoms with E-state index in [-0.39, 0.29) is 5.56 Å². The van der Waals surface area contributed by atoms with Crippen molar-refractivity contribution in [2.24, 2.45) is 0 Å². The number of hydrogen-bond acceptors (Lipinski definition) is 4. The molecule has 0 radical (unpaired) electrons. The number of rotatable bonds is 6. The average molecular weight is 278 g/mol. The second-order valence-corrected chi connectivity index (χ2v) is 5.98. The first-order valence-electron chi connectivity index (χ1n) is 7.50. The number of aryl methyl sites for hydroxylation is 1. The van der Waals surface area contributed by atoms with Gasteiger partial charge in [-0.25, -0.2) is 4.98 Å². The minimum absolute atomic E-state index is 0.0658. The molecule has 0 bridgehead atoms. The van der Waals surface area contributed by atoms with Crippen LogP contribution in [0.3, 0.4) is 0 Å². The number of hydrogen-bond donors (Lipinski definition) is 1. The summed E-state index contributed by atoms with van der Waals surface area (Å²) in [6, 6.07) is 2.35. The van der Waals surface area contributed by atoms with Gasteiger partial charge in [-0.2, -0.15) is 0 Å². The molecule has 5 nitrogen and oxygen atoms in total. The number of aromatic nitrogens is 2. The Bertz CT molecular complexity index is 479. The summed E-state index contributed by atoms with van der Waals surface area (Å²) >= 11 is 0. The van der Waals surface area contributed by atoms with Gasteiger partial charge in [0.25, 0.3) is 5.56 Å². The van der Waals surface area contributed by atoms with Crippen LogP contribution in [0.15, 0.2) is 10.9 Å². The predicted octanol–water partition coefficient (Wildman–Crippen LogP) is 1.38. The van der Waals surface area contributed by atoms with Gasteiger partial charge < -0.3 is 9.88 Å². The minimum atomic E-state index is -0.0658. The van der Waals surface area contributed by atoms with Crippen LogP contribution >= 0.6 is 0 Å². The van der Waals surface area contributed by atoms with Gasteiger partial charge in [0.15, 0.2) is 0 Å². The monoisotopic (exact) mass is 278 g/mol. The van der Waals surface area contributed by atoms with Crippen molar-refractivity contribution in [1.29, 1.82) is 0 Å². The molecule has 0 saturated heterocycles. The highest BCUT2D eigenvalue weighted by molar-refractivity contribution is 5.01. The Balaban J connectivity index is 1.79. The lowest BCUT2D eigenvalue weighted by Crippen LogP contribution is -2.36. The van der Waals surface area contributed by atoms with Gasteiger partial charge in [-0.1, -0.05) is 12.8 Å². The van der Waals surface area contributed by atoms with Crippen molar-refractivity contribution >= 4 is 0 Å². The molecule has 2 rings (SSSR count). The van der Waals surface area contributed by atoms with Crippen molar-refractivity contribution in [2.45, 2.75) is 45.2 Å². The van der Waals surface area contributed by atoms with Gasteiger partial charge in [-0.05, 0) is 33.9 Å². The fourth-order valence-corrected chi connectivity index (χ4v) is 2.93. The molecule has 1 fully saturated rings. The van der Waals surface area contributed by atoms with E-state index < -0.39 is 0 Å².